The Hall–Kier alpha value is -3.84. The zero-order valence-corrected chi connectivity index (χ0v) is 22.3. The molecule has 10 heteroatoms. The van der Waals surface area contributed by atoms with Crippen molar-refractivity contribution in [3.63, 3.8) is 0 Å². The van der Waals surface area contributed by atoms with Gasteiger partial charge in [-0.1, -0.05) is 13.0 Å². The van der Waals surface area contributed by atoms with Crippen molar-refractivity contribution < 1.29 is 0 Å². The van der Waals surface area contributed by atoms with E-state index in [-0.39, 0.29) is 30.2 Å². The number of fused-ring (bicyclic) bond motifs is 2. The van der Waals surface area contributed by atoms with Crippen LogP contribution in [0.1, 0.15) is 50.3 Å². The first kappa shape index (κ1) is 24.8. The third kappa shape index (κ3) is 4.23. The predicted molar refractivity (Wildman–Crippen MR) is 143 cm³/mol. The molecule has 0 spiro atoms. The van der Waals surface area contributed by atoms with Crippen molar-refractivity contribution in [3.05, 3.63) is 52.0 Å². The van der Waals surface area contributed by atoms with E-state index in [2.05, 4.69) is 69.8 Å². The summed E-state index contributed by atoms with van der Waals surface area (Å²) in [6.07, 6.45) is 2.93. The molecule has 0 saturated carbocycles. The van der Waals surface area contributed by atoms with Gasteiger partial charge in [0, 0.05) is 51.5 Å². The number of benzene rings is 1. The second-order valence-corrected chi connectivity index (χ2v) is 10.1. The van der Waals surface area contributed by atoms with Crippen LogP contribution in [0.25, 0.3) is 22.2 Å². The summed E-state index contributed by atoms with van der Waals surface area (Å²) in [5, 5.41) is 9.26. The summed E-state index contributed by atoms with van der Waals surface area (Å²) in [5.41, 5.74) is 4.97. The fraction of sp³-hybridized carbons (Fsp3) is 0.481. The van der Waals surface area contributed by atoms with E-state index in [4.69, 9.17) is 4.98 Å². The number of aromatic nitrogens is 6. The summed E-state index contributed by atoms with van der Waals surface area (Å²) >= 11 is 0. The molecule has 3 atom stereocenters. The van der Waals surface area contributed by atoms with Crippen LogP contribution in [0, 0.1) is 18.3 Å². The van der Waals surface area contributed by atoms with Crippen LogP contribution in [-0.4, -0.2) is 59.1 Å². The van der Waals surface area contributed by atoms with Crippen LogP contribution in [-0.2, 0) is 20.5 Å². The van der Waals surface area contributed by atoms with Crippen molar-refractivity contribution in [3.8, 4) is 6.07 Å². The Morgan fingerprint density at radius 2 is 1.92 bits per heavy atom. The summed E-state index contributed by atoms with van der Waals surface area (Å²) in [6.45, 7) is 10.1. The highest BCUT2D eigenvalue weighted by Crippen LogP contribution is 2.33. The third-order valence-corrected chi connectivity index (χ3v) is 7.71. The quantitative estimate of drug-likeness (QED) is 0.412. The molecule has 1 aliphatic heterocycles. The van der Waals surface area contributed by atoms with Crippen LogP contribution in [0.3, 0.4) is 0 Å². The first-order chi connectivity index (χ1) is 17.7. The minimum Gasteiger partial charge on any atom is -0.349 e. The number of nitriles is 1. The van der Waals surface area contributed by atoms with Crippen molar-refractivity contribution >= 4 is 28.0 Å². The minimum absolute atomic E-state index is 0.108. The zero-order chi connectivity index (χ0) is 26.4. The fourth-order valence-corrected chi connectivity index (χ4v) is 5.58. The normalized spacial score (nSPS) is 19.4. The van der Waals surface area contributed by atoms with E-state index >= 15 is 0 Å². The van der Waals surface area contributed by atoms with Crippen LogP contribution in [0.2, 0.25) is 0 Å². The van der Waals surface area contributed by atoms with E-state index in [0.29, 0.717) is 22.8 Å². The molecule has 3 aromatic heterocycles. The molecule has 1 aromatic carbocycles. The number of hydrogen-bond acceptors (Lipinski definition) is 8. The van der Waals surface area contributed by atoms with Crippen molar-refractivity contribution in [2.24, 2.45) is 14.1 Å². The average Bonchev–Trinajstić information content (AvgIpc) is 3.21. The number of hydrogen-bond donors (Lipinski definition) is 0. The first-order valence-electron chi connectivity index (χ1n) is 12.8. The molecule has 192 valence electrons. The number of imidazole rings is 1. The lowest BCUT2D eigenvalue weighted by molar-refractivity contribution is 0.106. The molecule has 0 aliphatic carbocycles. The van der Waals surface area contributed by atoms with Gasteiger partial charge in [-0.15, -0.1) is 0 Å². The fourth-order valence-electron chi connectivity index (χ4n) is 5.58. The monoisotopic (exact) mass is 499 g/mol. The van der Waals surface area contributed by atoms with Gasteiger partial charge in [-0.3, -0.25) is 14.5 Å². The number of anilines is 1. The number of nitrogens with zero attached hydrogens (tertiary/aromatic N) is 9. The van der Waals surface area contributed by atoms with Gasteiger partial charge in [-0.25, -0.2) is 14.8 Å². The minimum atomic E-state index is -0.322. The standard InChI is InChI=1S/C27H33N9O/c1-7-20-15-35(25-24-26(34(6)27(37)32-25)33(5)23(31-24)10-11-28)17(3)14-36(20)18(4)19-8-9-21-22(12-19)30-16(2)13-29-21/h8-9,12-13,17-18,20H,7,10,14-15H2,1-6H3/t17-,18?,20+/m0/s1. The summed E-state index contributed by atoms with van der Waals surface area (Å²) in [6, 6.07) is 9.08. The Morgan fingerprint density at radius 1 is 1.14 bits per heavy atom. The molecule has 10 nitrogen and oxygen atoms in total. The topological polar surface area (TPSA) is 109 Å². The van der Waals surface area contributed by atoms with Gasteiger partial charge in [-0.2, -0.15) is 10.2 Å². The van der Waals surface area contributed by atoms with Gasteiger partial charge in [0.05, 0.1) is 29.2 Å². The molecule has 0 bridgehead atoms. The maximum atomic E-state index is 12.9. The molecule has 0 N–H and O–H groups in total. The second-order valence-electron chi connectivity index (χ2n) is 10.1. The molecule has 4 aromatic rings. The highest BCUT2D eigenvalue weighted by atomic mass is 16.1. The molecule has 1 aliphatic rings. The lowest BCUT2D eigenvalue weighted by Crippen LogP contribution is -2.58. The van der Waals surface area contributed by atoms with E-state index < -0.39 is 0 Å². The second kappa shape index (κ2) is 9.56. The summed E-state index contributed by atoms with van der Waals surface area (Å²) in [7, 11) is 3.55. The Labute approximate surface area is 216 Å². The lowest BCUT2D eigenvalue weighted by Gasteiger charge is -2.48. The smallest absolute Gasteiger partial charge is 0.349 e. The molecular formula is C27H33N9O. The van der Waals surface area contributed by atoms with Crippen molar-refractivity contribution in [2.45, 2.75) is 58.7 Å². The largest absolute Gasteiger partial charge is 0.350 e. The Kier molecular flexibility index (Phi) is 6.42. The highest BCUT2D eigenvalue weighted by molar-refractivity contribution is 5.84. The average molecular weight is 500 g/mol. The summed E-state index contributed by atoms with van der Waals surface area (Å²) < 4.78 is 3.34. The van der Waals surface area contributed by atoms with Crippen LogP contribution < -0.4 is 10.6 Å². The molecule has 0 radical (unpaired) electrons. The summed E-state index contributed by atoms with van der Waals surface area (Å²) in [5.74, 6) is 1.23. The molecule has 5 rings (SSSR count). The molecule has 37 heavy (non-hydrogen) atoms. The van der Waals surface area contributed by atoms with E-state index in [0.717, 1.165) is 36.2 Å². The first-order valence-corrected chi connectivity index (χ1v) is 12.8. The molecule has 0 amide bonds. The van der Waals surface area contributed by atoms with Crippen LogP contribution in [0.4, 0.5) is 5.82 Å². The van der Waals surface area contributed by atoms with Gasteiger partial charge in [0.2, 0.25) is 0 Å². The van der Waals surface area contributed by atoms with Gasteiger partial charge in [0.15, 0.2) is 5.82 Å². The zero-order valence-electron chi connectivity index (χ0n) is 22.3. The Balaban J connectivity index is 1.50. The number of aryl methyl sites for hydroxylation is 3. The van der Waals surface area contributed by atoms with Crippen molar-refractivity contribution in [1.82, 2.24) is 34.0 Å². The van der Waals surface area contributed by atoms with Gasteiger partial charge in [0.1, 0.15) is 17.0 Å². The Morgan fingerprint density at radius 3 is 2.65 bits per heavy atom. The maximum Gasteiger partial charge on any atom is 0.350 e. The van der Waals surface area contributed by atoms with Crippen LogP contribution in [0.15, 0.2) is 29.2 Å². The maximum absolute atomic E-state index is 12.9. The van der Waals surface area contributed by atoms with Crippen molar-refractivity contribution in [2.75, 3.05) is 18.0 Å². The predicted octanol–water partition coefficient (Wildman–Crippen LogP) is 3.04. The molecular weight excluding hydrogens is 466 g/mol. The van der Waals surface area contributed by atoms with Crippen LogP contribution >= 0.6 is 0 Å². The van der Waals surface area contributed by atoms with E-state index in [1.165, 1.54) is 10.1 Å². The SMILES string of the molecule is CC[C@@H]1CN(c2nc(=O)n(C)c3c2nc(CC#N)n3C)[C@@H](C)CN1C(C)c1ccc2ncc(C)nc2c1. The van der Waals surface area contributed by atoms with Gasteiger partial charge in [0.25, 0.3) is 0 Å². The lowest BCUT2D eigenvalue weighted by atomic mass is 9.98. The van der Waals surface area contributed by atoms with Crippen LogP contribution in [0.5, 0.6) is 0 Å². The van der Waals surface area contributed by atoms with Gasteiger partial charge >= 0.3 is 5.69 Å². The van der Waals surface area contributed by atoms with E-state index in [9.17, 15) is 10.1 Å². The van der Waals surface area contributed by atoms with Gasteiger partial charge < -0.3 is 9.47 Å². The van der Waals surface area contributed by atoms with E-state index in [1.54, 1.807) is 13.2 Å². The summed E-state index contributed by atoms with van der Waals surface area (Å²) in [4.78, 5) is 36.0. The molecule has 1 saturated heterocycles. The number of rotatable bonds is 5. The third-order valence-electron chi connectivity index (χ3n) is 7.71. The van der Waals surface area contributed by atoms with Gasteiger partial charge in [-0.05, 0) is 44.9 Å². The molecule has 1 unspecified atom stereocenters. The molecule has 1 fully saturated rings. The number of piperazine rings is 1. The highest BCUT2D eigenvalue weighted by Gasteiger charge is 2.36. The van der Waals surface area contributed by atoms with Crippen molar-refractivity contribution in [1.29, 1.82) is 5.26 Å². The van der Waals surface area contributed by atoms with E-state index in [1.807, 2.05) is 18.5 Å². The Bertz CT molecular complexity index is 1580. The molecule has 4 heterocycles.